The maximum absolute atomic E-state index is 8.95. The fourth-order valence-corrected chi connectivity index (χ4v) is 1.83. The van der Waals surface area contributed by atoms with Gasteiger partial charge in [-0.3, -0.25) is 0 Å². The monoisotopic (exact) mass is 248 g/mol. The third-order valence-corrected chi connectivity index (χ3v) is 2.97. The van der Waals surface area contributed by atoms with Gasteiger partial charge in [0.15, 0.2) is 0 Å². The molecule has 0 aliphatic heterocycles. The topological polar surface area (TPSA) is 36.7 Å². The Morgan fingerprint density at radius 3 is 2.56 bits per heavy atom. The van der Waals surface area contributed by atoms with Gasteiger partial charge in [0.1, 0.15) is 11.8 Å². The minimum atomic E-state index is 0.340. The molecule has 2 rings (SSSR count). The van der Waals surface area contributed by atoms with E-state index < -0.39 is 0 Å². The minimum Gasteiger partial charge on any atom is -0.245 e. The van der Waals surface area contributed by atoms with Crippen LogP contribution in [0.15, 0.2) is 36.5 Å². The van der Waals surface area contributed by atoms with Crippen molar-refractivity contribution in [2.75, 3.05) is 0 Å². The first-order chi connectivity index (χ1) is 7.74. The van der Waals surface area contributed by atoms with Gasteiger partial charge in [-0.15, -0.1) is 0 Å². The summed E-state index contributed by atoms with van der Waals surface area (Å²) in [5.74, 6) is 0. The number of rotatable bonds is 1. The highest BCUT2D eigenvalue weighted by Gasteiger charge is 2.10. The molecule has 0 amide bonds. The average molecular weight is 249 g/mol. The first kappa shape index (κ1) is 10.9. The van der Waals surface area contributed by atoms with Crippen molar-refractivity contribution in [3.63, 3.8) is 0 Å². The smallest absolute Gasteiger partial charge is 0.148 e. The molecule has 4 heteroatoms. The average Bonchev–Trinajstić information content (AvgIpc) is 2.33. The van der Waals surface area contributed by atoms with Crippen molar-refractivity contribution in [2.24, 2.45) is 0 Å². The highest BCUT2D eigenvalue weighted by Crippen LogP contribution is 2.34. The fourth-order valence-electron chi connectivity index (χ4n) is 1.42. The highest BCUT2D eigenvalue weighted by molar-refractivity contribution is 6.43. The molecule has 2 nitrogen and oxygen atoms in total. The molecule has 2 aromatic rings. The van der Waals surface area contributed by atoms with E-state index >= 15 is 0 Å². The van der Waals surface area contributed by atoms with Crippen molar-refractivity contribution in [3.8, 4) is 17.2 Å². The van der Waals surface area contributed by atoms with Crippen LogP contribution in [0.1, 0.15) is 5.69 Å². The Morgan fingerprint density at radius 2 is 1.81 bits per heavy atom. The molecule has 0 saturated heterocycles. The van der Waals surface area contributed by atoms with Crippen molar-refractivity contribution < 1.29 is 0 Å². The summed E-state index contributed by atoms with van der Waals surface area (Å²) in [6, 6.07) is 10.9. The summed E-state index contributed by atoms with van der Waals surface area (Å²) in [4.78, 5) is 3.98. The lowest BCUT2D eigenvalue weighted by Gasteiger charge is -2.06. The largest absolute Gasteiger partial charge is 0.245 e. The summed E-state index contributed by atoms with van der Waals surface area (Å²) < 4.78 is 0. The number of hydrogen-bond donors (Lipinski definition) is 0. The van der Waals surface area contributed by atoms with Crippen LogP contribution >= 0.6 is 23.2 Å². The third-order valence-electron chi connectivity index (χ3n) is 2.16. The molecule has 1 aromatic heterocycles. The molecule has 16 heavy (non-hydrogen) atoms. The molecular weight excluding hydrogens is 243 g/mol. The first-order valence-electron chi connectivity index (χ1n) is 4.53. The van der Waals surface area contributed by atoms with Crippen LogP contribution in [-0.4, -0.2) is 4.98 Å². The maximum Gasteiger partial charge on any atom is 0.148 e. The van der Waals surface area contributed by atoms with Crippen molar-refractivity contribution in [2.45, 2.75) is 0 Å². The number of aromatic nitrogens is 1. The Balaban J connectivity index is 2.69. The van der Waals surface area contributed by atoms with Gasteiger partial charge in [-0.1, -0.05) is 35.3 Å². The first-order valence-corrected chi connectivity index (χ1v) is 5.29. The lowest BCUT2D eigenvalue weighted by Crippen LogP contribution is -1.88. The molecule has 0 atom stereocenters. The van der Waals surface area contributed by atoms with Crippen molar-refractivity contribution in [1.82, 2.24) is 4.98 Å². The predicted octanol–water partition coefficient (Wildman–Crippen LogP) is 3.93. The summed E-state index contributed by atoms with van der Waals surface area (Å²) in [5, 5.41) is 9.85. The second-order valence-electron chi connectivity index (χ2n) is 3.11. The number of halogens is 2. The van der Waals surface area contributed by atoms with E-state index in [1.54, 1.807) is 30.5 Å². The Labute approximate surface area is 103 Å². The Bertz CT molecular complexity index is 573. The van der Waals surface area contributed by atoms with Gasteiger partial charge < -0.3 is 0 Å². The van der Waals surface area contributed by atoms with E-state index in [0.29, 0.717) is 21.3 Å². The van der Waals surface area contributed by atoms with E-state index in [0.717, 1.165) is 5.56 Å². The molecule has 0 fully saturated rings. The minimum absolute atomic E-state index is 0.340. The van der Waals surface area contributed by atoms with Crippen LogP contribution in [0.25, 0.3) is 11.1 Å². The van der Waals surface area contributed by atoms with Crippen molar-refractivity contribution >= 4 is 23.2 Å². The summed E-state index contributed by atoms with van der Waals surface area (Å²) in [7, 11) is 0. The summed E-state index contributed by atoms with van der Waals surface area (Å²) >= 11 is 12.0. The van der Waals surface area contributed by atoms with Crippen LogP contribution in [0.4, 0.5) is 0 Å². The van der Waals surface area contributed by atoms with E-state index in [1.165, 1.54) is 0 Å². The zero-order valence-electron chi connectivity index (χ0n) is 8.11. The molecule has 0 N–H and O–H groups in total. The lowest BCUT2D eigenvalue weighted by atomic mass is 10.0. The van der Waals surface area contributed by atoms with Crippen LogP contribution in [-0.2, 0) is 0 Å². The Kier molecular flexibility index (Phi) is 3.09. The molecule has 0 aliphatic carbocycles. The zero-order valence-corrected chi connectivity index (χ0v) is 9.63. The van der Waals surface area contributed by atoms with Gasteiger partial charge >= 0.3 is 0 Å². The van der Waals surface area contributed by atoms with Gasteiger partial charge in [0.25, 0.3) is 0 Å². The van der Waals surface area contributed by atoms with Gasteiger partial charge in [0.05, 0.1) is 10.0 Å². The van der Waals surface area contributed by atoms with Crippen LogP contribution in [0.5, 0.6) is 0 Å². The Hall–Kier alpha value is -1.56. The molecule has 0 saturated carbocycles. The fraction of sp³-hybridized carbons (Fsp3) is 0. The SMILES string of the molecule is N#Cc1ncccc1-c1cccc(Cl)c1Cl. The summed E-state index contributed by atoms with van der Waals surface area (Å²) in [5.41, 5.74) is 1.75. The normalized spacial score (nSPS) is 9.81. The van der Waals surface area contributed by atoms with Gasteiger partial charge in [-0.2, -0.15) is 5.26 Å². The van der Waals surface area contributed by atoms with E-state index in [2.05, 4.69) is 4.98 Å². The molecule has 0 aliphatic rings. The van der Waals surface area contributed by atoms with Gasteiger partial charge in [-0.25, -0.2) is 4.98 Å². The van der Waals surface area contributed by atoms with Crippen LogP contribution in [0.2, 0.25) is 10.0 Å². The molecule has 1 aromatic carbocycles. The quantitative estimate of drug-likeness (QED) is 0.767. The number of pyridine rings is 1. The van der Waals surface area contributed by atoms with E-state index in [1.807, 2.05) is 12.1 Å². The standard InChI is InChI=1S/C12H6Cl2N2/c13-10-5-1-3-9(12(10)14)8-4-2-6-16-11(8)7-15/h1-6H. The summed E-state index contributed by atoms with van der Waals surface area (Å²) in [6.07, 6.45) is 1.57. The third kappa shape index (κ3) is 1.88. The van der Waals surface area contributed by atoms with Gasteiger partial charge in [0, 0.05) is 17.3 Å². The van der Waals surface area contributed by atoms with Gasteiger partial charge in [-0.05, 0) is 18.2 Å². The highest BCUT2D eigenvalue weighted by atomic mass is 35.5. The van der Waals surface area contributed by atoms with Crippen molar-refractivity contribution in [1.29, 1.82) is 5.26 Å². The number of nitrogens with zero attached hydrogens (tertiary/aromatic N) is 2. The predicted molar refractivity (Wildman–Crippen MR) is 64.4 cm³/mol. The second kappa shape index (κ2) is 4.52. The van der Waals surface area contributed by atoms with E-state index in [4.69, 9.17) is 28.5 Å². The maximum atomic E-state index is 8.95. The summed E-state index contributed by atoms with van der Waals surface area (Å²) in [6.45, 7) is 0. The van der Waals surface area contributed by atoms with Crippen LogP contribution < -0.4 is 0 Å². The van der Waals surface area contributed by atoms with Crippen LogP contribution in [0.3, 0.4) is 0 Å². The lowest BCUT2D eigenvalue weighted by molar-refractivity contribution is 1.26. The van der Waals surface area contributed by atoms with Crippen molar-refractivity contribution in [3.05, 3.63) is 52.3 Å². The molecule has 1 heterocycles. The number of nitriles is 1. The second-order valence-corrected chi connectivity index (χ2v) is 3.90. The molecule has 0 spiro atoms. The molecule has 0 radical (unpaired) electrons. The Morgan fingerprint density at radius 1 is 1.06 bits per heavy atom. The van der Waals surface area contributed by atoms with Crippen LogP contribution in [0, 0.1) is 11.3 Å². The van der Waals surface area contributed by atoms with Gasteiger partial charge in [0.2, 0.25) is 0 Å². The van der Waals surface area contributed by atoms with E-state index in [9.17, 15) is 0 Å². The molecular formula is C12H6Cl2N2. The molecule has 0 unspecified atom stereocenters. The number of hydrogen-bond acceptors (Lipinski definition) is 2. The molecule has 78 valence electrons. The van der Waals surface area contributed by atoms with E-state index in [-0.39, 0.29) is 0 Å². The number of benzene rings is 1. The molecule has 0 bridgehead atoms. The zero-order chi connectivity index (χ0) is 11.5.